The van der Waals surface area contributed by atoms with E-state index in [0.29, 0.717) is 10.4 Å². The van der Waals surface area contributed by atoms with Crippen molar-refractivity contribution in [3.63, 3.8) is 0 Å². The summed E-state index contributed by atoms with van der Waals surface area (Å²) in [5, 5.41) is 2.69. The standard InChI is InChI=1S/C10H11BrClNOS/c11-5-8-2-1-3-13(8)10(14)7-4-9(12)15-6-7/h4,6,8H,1-3,5H2. The Balaban J connectivity index is 2.13. The van der Waals surface area contributed by atoms with Crippen molar-refractivity contribution < 1.29 is 4.79 Å². The summed E-state index contributed by atoms with van der Waals surface area (Å²) in [4.78, 5) is 14.0. The van der Waals surface area contributed by atoms with E-state index in [4.69, 9.17) is 11.6 Å². The fourth-order valence-electron chi connectivity index (χ4n) is 1.85. The molecule has 1 amide bonds. The molecule has 0 bridgehead atoms. The van der Waals surface area contributed by atoms with Crippen LogP contribution in [0.25, 0.3) is 0 Å². The summed E-state index contributed by atoms with van der Waals surface area (Å²) >= 11 is 10.7. The lowest BCUT2D eigenvalue weighted by atomic mass is 10.2. The Hall–Kier alpha value is -0.0600. The zero-order valence-electron chi connectivity index (χ0n) is 8.08. The molecule has 0 spiro atoms. The Morgan fingerprint density at radius 3 is 3.13 bits per heavy atom. The van der Waals surface area contributed by atoms with E-state index >= 15 is 0 Å². The zero-order chi connectivity index (χ0) is 10.8. The van der Waals surface area contributed by atoms with Gasteiger partial charge in [0.2, 0.25) is 0 Å². The molecule has 1 saturated heterocycles. The van der Waals surface area contributed by atoms with E-state index in [2.05, 4.69) is 15.9 Å². The highest BCUT2D eigenvalue weighted by molar-refractivity contribution is 9.09. The zero-order valence-corrected chi connectivity index (χ0v) is 11.2. The third-order valence-electron chi connectivity index (χ3n) is 2.63. The molecular formula is C10H11BrClNOS. The second kappa shape index (κ2) is 4.85. The van der Waals surface area contributed by atoms with Gasteiger partial charge in [-0.05, 0) is 18.9 Å². The van der Waals surface area contributed by atoms with E-state index in [0.717, 1.165) is 30.3 Å². The third-order valence-corrected chi connectivity index (χ3v) is 4.47. The minimum Gasteiger partial charge on any atom is -0.335 e. The average Bonchev–Trinajstić information content (AvgIpc) is 2.84. The van der Waals surface area contributed by atoms with Crippen LogP contribution in [0.1, 0.15) is 23.2 Å². The van der Waals surface area contributed by atoms with E-state index < -0.39 is 0 Å². The fraction of sp³-hybridized carbons (Fsp3) is 0.500. The molecule has 1 unspecified atom stereocenters. The van der Waals surface area contributed by atoms with Gasteiger partial charge in [-0.3, -0.25) is 4.79 Å². The lowest BCUT2D eigenvalue weighted by molar-refractivity contribution is 0.0751. The largest absolute Gasteiger partial charge is 0.335 e. The van der Waals surface area contributed by atoms with E-state index in [1.54, 1.807) is 6.07 Å². The van der Waals surface area contributed by atoms with Crippen LogP contribution in [0.3, 0.4) is 0 Å². The third kappa shape index (κ3) is 2.37. The van der Waals surface area contributed by atoms with Crippen LogP contribution < -0.4 is 0 Å². The van der Waals surface area contributed by atoms with Crippen molar-refractivity contribution in [2.75, 3.05) is 11.9 Å². The number of carbonyl (C=O) groups is 1. The van der Waals surface area contributed by atoms with E-state index in [1.807, 2.05) is 10.3 Å². The van der Waals surface area contributed by atoms with Crippen molar-refractivity contribution >= 4 is 44.8 Å². The predicted octanol–water partition coefficient (Wildman–Crippen LogP) is 3.40. The first-order valence-corrected chi connectivity index (χ1v) is 7.21. The highest BCUT2D eigenvalue weighted by Gasteiger charge is 2.28. The fourth-order valence-corrected chi connectivity index (χ4v) is 3.38. The monoisotopic (exact) mass is 307 g/mol. The molecule has 1 atom stereocenters. The molecule has 0 radical (unpaired) electrons. The molecule has 0 saturated carbocycles. The Labute approximate surface area is 106 Å². The SMILES string of the molecule is O=C(c1csc(Cl)c1)N1CCCC1CBr. The Kier molecular flexibility index (Phi) is 3.69. The summed E-state index contributed by atoms with van der Waals surface area (Å²) in [6.45, 7) is 0.864. The van der Waals surface area contributed by atoms with Gasteiger partial charge < -0.3 is 4.90 Å². The van der Waals surface area contributed by atoms with Crippen molar-refractivity contribution in [3.8, 4) is 0 Å². The van der Waals surface area contributed by atoms with Crippen LogP contribution in [0.2, 0.25) is 4.34 Å². The number of carbonyl (C=O) groups excluding carboxylic acids is 1. The molecule has 2 heterocycles. The molecule has 1 aliphatic heterocycles. The van der Waals surface area contributed by atoms with Crippen LogP contribution in [0, 0.1) is 0 Å². The van der Waals surface area contributed by atoms with E-state index in [1.165, 1.54) is 11.3 Å². The number of hydrogen-bond donors (Lipinski definition) is 0. The summed E-state index contributed by atoms with van der Waals surface area (Å²) < 4.78 is 0.674. The second-order valence-corrected chi connectivity index (χ2v) is 5.78. The molecule has 1 aliphatic rings. The smallest absolute Gasteiger partial charge is 0.255 e. The molecule has 0 aromatic carbocycles. The van der Waals surface area contributed by atoms with Gasteiger partial charge in [-0.25, -0.2) is 0 Å². The van der Waals surface area contributed by atoms with E-state index in [-0.39, 0.29) is 5.91 Å². The summed E-state index contributed by atoms with van der Waals surface area (Å²) in [5.41, 5.74) is 0.720. The topological polar surface area (TPSA) is 20.3 Å². The van der Waals surface area contributed by atoms with Gasteiger partial charge in [0.15, 0.2) is 0 Å². The first-order valence-electron chi connectivity index (χ1n) is 4.83. The summed E-state index contributed by atoms with van der Waals surface area (Å²) in [6.07, 6.45) is 2.19. The molecule has 0 aliphatic carbocycles. The number of hydrogen-bond acceptors (Lipinski definition) is 2. The summed E-state index contributed by atoms with van der Waals surface area (Å²) in [5.74, 6) is 0.111. The number of amides is 1. The maximum absolute atomic E-state index is 12.1. The molecule has 5 heteroatoms. The summed E-state index contributed by atoms with van der Waals surface area (Å²) in [6, 6.07) is 2.09. The van der Waals surface area contributed by atoms with E-state index in [9.17, 15) is 4.79 Å². The Bertz CT molecular complexity index is 368. The molecular weight excluding hydrogens is 298 g/mol. The second-order valence-electron chi connectivity index (χ2n) is 3.59. The van der Waals surface area contributed by atoms with Crippen LogP contribution >= 0.6 is 38.9 Å². The van der Waals surface area contributed by atoms with Crippen LogP contribution in [-0.4, -0.2) is 28.7 Å². The van der Waals surface area contributed by atoms with Crippen molar-refractivity contribution in [3.05, 3.63) is 21.3 Å². The highest BCUT2D eigenvalue weighted by Crippen LogP contribution is 2.25. The molecule has 1 aromatic heterocycles. The minimum absolute atomic E-state index is 0.111. The number of thiophene rings is 1. The van der Waals surface area contributed by atoms with Gasteiger partial charge in [0.1, 0.15) is 0 Å². The van der Waals surface area contributed by atoms with Crippen molar-refractivity contribution in [1.82, 2.24) is 4.90 Å². The number of halogens is 2. The average molecular weight is 309 g/mol. The molecule has 82 valence electrons. The van der Waals surface area contributed by atoms with Gasteiger partial charge in [0.05, 0.1) is 9.90 Å². The maximum Gasteiger partial charge on any atom is 0.255 e. The van der Waals surface area contributed by atoms with Gasteiger partial charge in [0.25, 0.3) is 5.91 Å². The predicted molar refractivity (Wildman–Crippen MR) is 67.2 cm³/mol. The molecule has 15 heavy (non-hydrogen) atoms. The summed E-state index contributed by atoms with van der Waals surface area (Å²) in [7, 11) is 0. The van der Waals surface area contributed by atoms with Crippen molar-refractivity contribution in [2.45, 2.75) is 18.9 Å². The Morgan fingerprint density at radius 2 is 2.53 bits per heavy atom. The van der Waals surface area contributed by atoms with Crippen molar-refractivity contribution in [1.29, 1.82) is 0 Å². The number of nitrogens with zero attached hydrogens (tertiary/aromatic N) is 1. The molecule has 2 rings (SSSR count). The van der Waals surface area contributed by atoms with Crippen LogP contribution in [0.5, 0.6) is 0 Å². The van der Waals surface area contributed by atoms with Gasteiger partial charge >= 0.3 is 0 Å². The van der Waals surface area contributed by atoms with Gasteiger partial charge in [-0.2, -0.15) is 0 Å². The van der Waals surface area contributed by atoms with Crippen molar-refractivity contribution in [2.24, 2.45) is 0 Å². The van der Waals surface area contributed by atoms with Crippen LogP contribution in [0.4, 0.5) is 0 Å². The number of rotatable bonds is 2. The first-order chi connectivity index (χ1) is 7.22. The van der Waals surface area contributed by atoms with Crippen LogP contribution in [-0.2, 0) is 0 Å². The molecule has 1 aromatic rings. The van der Waals surface area contributed by atoms with Gasteiger partial charge in [-0.1, -0.05) is 27.5 Å². The maximum atomic E-state index is 12.1. The Morgan fingerprint density at radius 1 is 1.73 bits per heavy atom. The highest BCUT2D eigenvalue weighted by atomic mass is 79.9. The molecule has 2 nitrogen and oxygen atoms in total. The number of likely N-dealkylation sites (tertiary alicyclic amines) is 1. The first kappa shape index (κ1) is 11.4. The molecule has 1 fully saturated rings. The quantitative estimate of drug-likeness (QED) is 0.767. The lowest BCUT2D eigenvalue weighted by Gasteiger charge is -2.22. The lowest BCUT2D eigenvalue weighted by Crippen LogP contribution is -2.36. The van der Waals surface area contributed by atoms with Gasteiger partial charge in [0, 0.05) is 23.3 Å². The minimum atomic E-state index is 0.111. The molecule has 0 N–H and O–H groups in total. The normalized spacial score (nSPS) is 20.9. The van der Waals surface area contributed by atoms with Gasteiger partial charge in [-0.15, -0.1) is 11.3 Å². The number of alkyl halides is 1. The van der Waals surface area contributed by atoms with Crippen LogP contribution in [0.15, 0.2) is 11.4 Å².